The summed E-state index contributed by atoms with van der Waals surface area (Å²) in [5, 5.41) is 10.2. The maximum Gasteiger partial charge on any atom is 0.340 e. The number of hydrogen-bond donors (Lipinski definition) is 3. The first kappa shape index (κ1) is 26.9. The molecule has 0 saturated heterocycles. The number of sulfonamides is 1. The van der Waals surface area contributed by atoms with Gasteiger partial charge in [0.1, 0.15) is 5.82 Å². The van der Waals surface area contributed by atoms with E-state index in [9.17, 15) is 27.2 Å². The Kier molecular flexibility index (Phi) is 8.80. The molecule has 9 nitrogen and oxygen atoms in total. The van der Waals surface area contributed by atoms with Gasteiger partial charge in [0.2, 0.25) is 15.9 Å². The molecule has 2 amide bonds. The van der Waals surface area contributed by atoms with Crippen molar-refractivity contribution in [2.75, 3.05) is 16.4 Å². The summed E-state index contributed by atoms with van der Waals surface area (Å²) < 4.78 is 41.0. The van der Waals surface area contributed by atoms with Gasteiger partial charge in [-0.1, -0.05) is 12.1 Å². The number of rotatable bonds is 9. The van der Waals surface area contributed by atoms with Crippen LogP contribution in [0.5, 0.6) is 0 Å². The molecule has 36 heavy (non-hydrogen) atoms. The molecule has 3 aromatic rings. The molecule has 0 radical (unpaired) electrons. The predicted molar refractivity (Wildman–Crippen MR) is 134 cm³/mol. The summed E-state index contributed by atoms with van der Waals surface area (Å²) in [6.45, 7) is 1.39. The van der Waals surface area contributed by atoms with Gasteiger partial charge in [0, 0.05) is 16.3 Å². The van der Waals surface area contributed by atoms with Crippen molar-refractivity contribution >= 4 is 50.9 Å². The Morgan fingerprint density at radius 3 is 2.17 bits per heavy atom. The van der Waals surface area contributed by atoms with Crippen LogP contribution in [0.4, 0.5) is 15.8 Å². The summed E-state index contributed by atoms with van der Waals surface area (Å²) in [6.07, 6.45) is -1.17. The fraction of sp³-hybridized carbons (Fsp3) is 0.125. The van der Waals surface area contributed by atoms with Crippen LogP contribution in [0.2, 0.25) is 0 Å². The largest absolute Gasteiger partial charge is 0.449 e. The van der Waals surface area contributed by atoms with Crippen LogP contribution < -0.4 is 15.8 Å². The van der Waals surface area contributed by atoms with Crippen LogP contribution in [-0.2, 0) is 24.3 Å². The van der Waals surface area contributed by atoms with Crippen molar-refractivity contribution in [1.29, 1.82) is 0 Å². The fourth-order valence-electron chi connectivity index (χ4n) is 2.88. The highest BCUT2D eigenvalue weighted by molar-refractivity contribution is 8.00. The summed E-state index contributed by atoms with van der Waals surface area (Å²) in [5.74, 6) is -2.18. The summed E-state index contributed by atoms with van der Waals surface area (Å²) in [4.78, 5) is 37.8. The smallest absolute Gasteiger partial charge is 0.340 e. The Labute approximate surface area is 211 Å². The maximum atomic E-state index is 13.0. The highest BCUT2D eigenvalue weighted by Gasteiger charge is 2.21. The SMILES string of the molecule is C[C@@H](OC(=O)c1ccccc1SCC(=O)Nc1ccc(F)cc1)C(=O)Nc1ccc(S(N)(=O)=O)cc1. The number of anilines is 2. The topological polar surface area (TPSA) is 145 Å². The quantitative estimate of drug-likeness (QED) is 0.283. The van der Waals surface area contributed by atoms with Gasteiger partial charge in [-0.05, 0) is 67.6 Å². The number of carbonyl (C=O) groups excluding carboxylic acids is 3. The lowest BCUT2D eigenvalue weighted by molar-refractivity contribution is -0.123. The summed E-state index contributed by atoms with van der Waals surface area (Å²) in [5.41, 5.74) is 0.904. The third-order valence-corrected chi connectivity index (χ3v) is 6.70. The molecule has 12 heteroatoms. The number of carbonyl (C=O) groups is 3. The number of halogens is 1. The Balaban J connectivity index is 1.57. The summed E-state index contributed by atoms with van der Waals surface area (Å²) in [7, 11) is -3.87. The zero-order chi connectivity index (χ0) is 26.3. The molecule has 0 heterocycles. The molecule has 0 aliphatic rings. The zero-order valence-electron chi connectivity index (χ0n) is 18.9. The van der Waals surface area contributed by atoms with E-state index in [-0.39, 0.29) is 22.1 Å². The van der Waals surface area contributed by atoms with Gasteiger partial charge in [-0.3, -0.25) is 9.59 Å². The Bertz CT molecular complexity index is 1360. The molecule has 0 spiro atoms. The van der Waals surface area contributed by atoms with E-state index in [1.807, 2.05) is 0 Å². The third kappa shape index (κ3) is 7.63. The second kappa shape index (κ2) is 11.8. The van der Waals surface area contributed by atoms with Crippen molar-refractivity contribution < 1.29 is 31.9 Å². The molecular weight excluding hydrogens is 509 g/mol. The first-order valence-corrected chi connectivity index (χ1v) is 13.0. The van der Waals surface area contributed by atoms with E-state index in [0.717, 1.165) is 11.8 Å². The molecule has 0 aliphatic carbocycles. The molecule has 188 valence electrons. The van der Waals surface area contributed by atoms with Crippen molar-refractivity contribution in [2.24, 2.45) is 5.14 Å². The van der Waals surface area contributed by atoms with Crippen LogP contribution in [0.1, 0.15) is 17.3 Å². The second-order valence-electron chi connectivity index (χ2n) is 7.45. The molecule has 0 unspecified atom stereocenters. The standard InChI is InChI=1S/C24H22FN3O6S2/c1-15(23(30)28-18-10-12-19(13-11-18)36(26,32)33)34-24(31)20-4-2-3-5-21(20)35-14-22(29)27-17-8-6-16(25)7-9-17/h2-13,15H,14H2,1H3,(H,27,29)(H,28,30)(H2,26,32,33)/t15-/m1/s1. The first-order valence-electron chi connectivity index (χ1n) is 10.4. The van der Waals surface area contributed by atoms with Crippen LogP contribution in [0.3, 0.4) is 0 Å². The molecule has 3 aromatic carbocycles. The van der Waals surface area contributed by atoms with E-state index >= 15 is 0 Å². The van der Waals surface area contributed by atoms with Crippen LogP contribution in [0.25, 0.3) is 0 Å². The van der Waals surface area contributed by atoms with E-state index in [1.54, 1.807) is 18.2 Å². The molecule has 0 aromatic heterocycles. The number of thioether (sulfide) groups is 1. The average molecular weight is 532 g/mol. The van der Waals surface area contributed by atoms with Crippen LogP contribution in [0, 0.1) is 5.82 Å². The molecule has 3 rings (SSSR count). The van der Waals surface area contributed by atoms with Crippen molar-refractivity contribution in [1.82, 2.24) is 0 Å². The minimum absolute atomic E-state index is 0.0216. The fourth-order valence-corrected chi connectivity index (χ4v) is 4.24. The van der Waals surface area contributed by atoms with E-state index < -0.39 is 33.8 Å². The normalized spacial score (nSPS) is 11.9. The lowest BCUT2D eigenvalue weighted by atomic mass is 10.2. The van der Waals surface area contributed by atoms with Crippen molar-refractivity contribution in [3.63, 3.8) is 0 Å². The van der Waals surface area contributed by atoms with Gasteiger partial charge in [-0.15, -0.1) is 11.8 Å². The van der Waals surface area contributed by atoms with Crippen LogP contribution in [0.15, 0.2) is 82.6 Å². The number of hydrogen-bond acceptors (Lipinski definition) is 7. The first-order chi connectivity index (χ1) is 17.0. The van der Waals surface area contributed by atoms with Gasteiger partial charge in [-0.25, -0.2) is 22.7 Å². The zero-order valence-corrected chi connectivity index (χ0v) is 20.6. The lowest BCUT2D eigenvalue weighted by Crippen LogP contribution is -2.30. The number of esters is 1. The second-order valence-corrected chi connectivity index (χ2v) is 10.0. The highest BCUT2D eigenvalue weighted by Crippen LogP contribution is 2.24. The number of amides is 2. The van der Waals surface area contributed by atoms with Gasteiger partial charge in [-0.2, -0.15) is 0 Å². The lowest BCUT2D eigenvalue weighted by Gasteiger charge is -2.15. The minimum atomic E-state index is -3.87. The van der Waals surface area contributed by atoms with Gasteiger partial charge in [0.05, 0.1) is 16.2 Å². The average Bonchev–Trinajstić information content (AvgIpc) is 2.84. The molecular formula is C24H22FN3O6S2. The maximum absolute atomic E-state index is 13.0. The molecule has 0 saturated carbocycles. The highest BCUT2D eigenvalue weighted by atomic mass is 32.2. The van der Waals surface area contributed by atoms with Gasteiger partial charge in [0.15, 0.2) is 6.10 Å². The van der Waals surface area contributed by atoms with E-state index in [4.69, 9.17) is 9.88 Å². The van der Waals surface area contributed by atoms with Gasteiger partial charge >= 0.3 is 5.97 Å². The third-order valence-electron chi connectivity index (χ3n) is 4.70. The van der Waals surface area contributed by atoms with E-state index in [2.05, 4.69) is 10.6 Å². The van der Waals surface area contributed by atoms with Gasteiger partial charge in [0.25, 0.3) is 5.91 Å². The Hall–Kier alpha value is -3.74. The molecule has 0 aliphatic heterocycles. The van der Waals surface area contributed by atoms with Crippen molar-refractivity contribution in [2.45, 2.75) is 22.8 Å². The number of primary sulfonamides is 1. The monoisotopic (exact) mass is 531 g/mol. The Morgan fingerprint density at radius 2 is 1.53 bits per heavy atom. The molecule has 4 N–H and O–H groups in total. The van der Waals surface area contributed by atoms with Crippen LogP contribution in [-0.4, -0.2) is 38.1 Å². The van der Waals surface area contributed by atoms with Crippen molar-refractivity contribution in [3.05, 3.63) is 84.2 Å². The predicted octanol–water partition coefficient (Wildman–Crippen LogP) is 3.39. The van der Waals surface area contributed by atoms with Gasteiger partial charge < -0.3 is 15.4 Å². The number of ether oxygens (including phenoxy) is 1. The molecule has 0 bridgehead atoms. The summed E-state index contributed by atoms with van der Waals surface area (Å²) in [6, 6.07) is 17.0. The van der Waals surface area contributed by atoms with Crippen LogP contribution >= 0.6 is 11.8 Å². The number of nitrogens with two attached hydrogens (primary N) is 1. The Morgan fingerprint density at radius 1 is 0.944 bits per heavy atom. The van der Waals surface area contributed by atoms with E-state index in [0.29, 0.717) is 16.3 Å². The summed E-state index contributed by atoms with van der Waals surface area (Å²) >= 11 is 1.10. The molecule has 0 fully saturated rings. The van der Waals surface area contributed by atoms with E-state index in [1.165, 1.54) is 61.5 Å². The number of nitrogens with one attached hydrogen (secondary N) is 2. The number of benzene rings is 3. The molecule has 1 atom stereocenters. The minimum Gasteiger partial charge on any atom is -0.449 e. The van der Waals surface area contributed by atoms with Crippen molar-refractivity contribution in [3.8, 4) is 0 Å².